The van der Waals surface area contributed by atoms with Crippen LogP contribution in [0, 0.1) is 0 Å². The average molecular weight is 335 g/mol. The van der Waals surface area contributed by atoms with Gasteiger partial charge in [0.05, 0.1) is 12.2 Å². The molecule has 0 aliphatic carbocycles. The third kappa shape index (κ3) is 4.73. The molecule has 120 valence electrons. The van der Waals surface area contributed by atoms with Crippen LogP contribution in [0.15, 0.2) is 18.2 Å². The number of rotatable bonds is 4. The summed E-state index contributed by atoms with van der Waals surface area (Å²) in [4.78, 5) is 0. The molecule has 3 N–H and O–H groups in total. The zero-order valence-corrected chi connectivity index (χ0v) is 13.7. The molecular formula is C15H24Cl2N2O2. The Balaban J connectivity index is 0.00000110. The first kappa shape index (κ1) is 18.5. The number of aryl methyl sites for hydroxylation is 1. The summed E-state index contributed by atoms with van der Waals surface area (Å²) in [5, 5.41) is 16.8. The van der Waals surface area contributed by atoms with Crippen molar-refractivity contribution in [3.05, 3.63) is 29.3 Å². The lowest BCUT2D eigenvalue weighted by Crippen LogP contribution is -2.42. The molecule has 0 spiro atoms. The van der Waals surface area contributed by atoms with Gasteiger partial charge in [-0.1, -0.05) is 12.1 Å². The van der Waals surface area contributed by atoms with Crippen LogP contribution in [-0.4, -0.2) is 36.9 Å². The number of aliphatic hydroxyl groups is 1. The molecule has 1 unspecified atom stereocenters. The summed E-state index contributed by atoms with van der Waals surface area (Å²) in [7, 11) is 0. The van der Waals surface area contributed by atoms with E-state index in [1.54, 1.807) is 0 Å². The fourth-order valence-corrected chi connectivity index (χ4v) is 2.84. The lowest BCUT2D eigenvalue weighted by Gasteiger charge is -2.22. The second kappa shape index (κ2) is 8.20. The first-order valence-electron chi connectivity index (χ1n) is 7.14. The minimum absolute atomic E-state index is 0. The Kier molecular flexibility index (Phi) is 7.24. The quantitative estimate of drug-likeness (QED) is 0.784. The van der Waals surface area contributed by atoms with Gasteiger partial charge in [0.2, 0.25) is 0 Å². The van der Waals surface area contributed by atoms with Crippen molar-refractivity contribution in [2.45, 2.75) is 31.4 Å². The van der Waals surface area contributed by atoms with E-state index in [4.69, 9.17) is 4.74 Å². The molecule has 0 radical (unpaired) electrons. The van der Waals surface area contributed by atoms with Crippen molar-refractivity contribution in [1.29, 1.82) is 0 Å². The normalized spacial score (nSPS) is 23.5. The lowest BCUT2D eigenvalue weighted by atomic mass is 10.0. The Labute approximate surface area is 138 Å². The van der Waals surface area contributed by atoms with Crippen LogP contribution in [0.2, 0.25) is 0 Å². The van der Waals surface area contributed by atoms with Gasteiger partial charge in [0, 0.05) is 19.6 Å². The smallest absolute Gasteiger partial charge is 0.122 e. The topological polar surface area (TPSA) is 53.5 Å². The Hall–Kier alpha value is -0.520. The summed E-state index contributed by atoms with van der Waals surface area (Å²) in [6.45, 7) is 3.89. The van der Waals surface area contributed by atoms with Gasteiger partial charge in [-0.05, 0) is 43.0 Å². The largest absolute Gasteiger partial charge is 0.493 e. The second-order valence-electron chi connectivity index (χ2n) is 5.65. The van der Waals surface area contributed by atoms with Crippen LogP contribution < -0.4 is 15.4 Å². The number of hydrogen-bond donors (Lipinski definition) is 3. The maximum absolute atomic E-state index is 10.2. The van der Waals surface area contributed by atoms with Crippen LogP contribution in [0.1, 0.15) is 24.0 Å². The fourth-order valence-electron chi connectivity index (χ4n) is 2.84. The summed E-state index contributed by atoms with van der Waals surface area (Å²) in [6.07, 6.45) is 3.05. The van der Waals surface area contributed by atoms with E-state index in [9.17, 15) is 5.11 Å². The van der Waals surface area contributed by atoms with E-state index in [1.165, 1.54) is 11.1 Å². The monoisotopic (exact) mass is 334 g/mol. The van der Waals surface area contributed by atoms with Gasteiger partial charge in [-0.3, -0.25) is 0 Å². The van der Waals surface area contributed by atoms with Crippen molar-refractivity contribution < 1.29 is 9.84 Å². The second-order valence-corrected chi connectivity index (χ2v) is 5.65. The van der Waals surface area contributed by atoms with Crippen molar-refractivity contribution >= 4 is 24.8 Å². The number of fused-ring (bicyclic) bond motifs is 1. The van der Waals surface area contributed by atoms with Gasteiger partial charge in [0.25, 0.3) is 0 Å². The van der Waals surface area contributed by atoms with Gasteiger partial charge in [0.1, 0.15) is 5.75 Å². The van der Waals surface area contributed by atoms with Gasteiger partial charge >= 0.3 is 0 Å². The maximum Gasteiger partial charge on any atom is 0.122 e. The third-order valence-corrected chi connectivity index (χ3v) is 3.98. The van der Waals surface area contributed by atoms with Gasteiger partial charge < -0.3 is 20.5 Å². The summed E-state index contributed by atoms with van der Waals surface area (Å²) < 4.78 is 5.61. The number of hydrogen-bond acceptors (Lipinski definition) is 4. The first-order chi connectivity index (χ1) is 9.25. The average Bonchev–Trinajstić information content (AvgIpc) is 2.86. The Bertz CT molecular complexity index is 451. The minimum Gasteiger partial charge on any atom is -0.493 e. The molecule has 1 atom stereocenters. The standard InChI is InChI=1S/C15H22N2O2.2ClH/c18-15(5-6-16-10-15)11-17-9-12-3-4-14-13(8-12)2-1-7-19-14;;/h3-4,8,16-18H,1-2,5-7,9-11H2;2*1H. The first-order valence-corrected chi connectivity index (χ1v) is 7.14. The predicted octanol–water partition coefficient (Wildman–Crippen LogP) is 1.67. The predicted molar refractivity (Wildman–Crippen MR) is 88.9 cm³/mol. The lowest BCUT2D eigenvalue weighted by molar-refractivity contribution is 0.0609. The van der Waals surface area contributed by atoms with Crippen LogP contribution in [0.3, 0.4) is 0 Å². The van der Waals surface area contributed by atoms with Crippen molar-refractivity contribution in [1.82, 2.24) is 10.6 Å². The molecule has 6 heteroatoms. The molecule has 2 heterocycles. The molecule has 1 fully saturated rings. The summed E-state index contributed by atoms with van der Waals surface area (Å²) in [6, 6.07) is 6.39. The van der Waals surface area contributed by atoms with Crippen molar-refractivity contribution in [2.75, 3.05) is 26.2 Å². The van der Waals surface area contributed by atoms with E-state index in [1.807, 2.05) is 0 Å². The summed E-state index contributed by atoms with van der Waals surface area (Å²) in [5.74, 6) is 1.04. The van der Waals surface area contributed by atoms with E-state index in [0.29, 0.717) is 13.1 Å². The molecule has 2 aliphatic rings. The highest BCUT2D eigenvalue weighted by Gasteiger charge is 2.30. The van der Waals surface area contributed by atoms with Crippen LogP contribution in [0.4, 0.5) is 0 Å². The molecule has 1 saturated heterocycles. The van der Waals surface area contributed by atoms with Crippen LogP contribution >= 0.6 is 24.8 Å². The number of halogens is 2. The molecule has 21 heavy (non-hydrogen) atoms. The zero-order chi connectivity index (χ0) is 13.1. The van der Waals surface area contributed by atoms with Crippen molar-refractivity contribution in [3.8, 4) is 5.75 Å². The minimum atomic E-state index is -0.572. The Morgan fingerprint density at radius 3 is 2.95 bits per heavy atom. The van der Waals surface area contributed by atoms with Crippen LogP contribution in [-0.2, 0) is 13.0 Å². The number of benzene rings is 1. The number of β-amino-alcohol motifs (C(OH)–C–C–N with tert-alkyl or cyclic N) is 1. The van der Waals surface area contributed by atoms with E-state index >= 15 is 0 Å². The van der Waals surface area contributed by atoms with E-state index < -0.39 is 5.60 Å². The molecule has 0 aromatic heterocycles. The van der Waals surface area contributed by atoms with Crippen molar-refractivity contribution in [2.24, 2.45) is 0 Å². The Morgan fingerprint density at radius 1 is 1.33 bits per heavy atom. The highest BCUT2D eigenvalue weighted by Crippen LogP contribution is 2.25. The number of ether oxygens (including phenoxy) is 1. The molecule has 1 aromatic rings. The molecule has 0 bridgehead atoms. The maximum atomic E-state index is 10.2. The molecule has 2 aliphatic heterocycles. The van der Waals surface area contributed by atoms with Crippen molar-refractivity contribution in [3.63, 3.8) is 0 Å². The van der Waals surface area contributed by atoms with Gasteiger partial charge in [-0.15, -0.1) is 24.8 Å². The Morgan fingerprint density at radius 2 is 2.19 bits per heavy atom. The molecule has 4 nitrogen and oxygen atoms in total. The highest BCUT2D eigenvalue weighted by molar-refractivity contribution is 5.85. The fraction of sp³-hybridized carbons (Fsp3) is 0.600. The van der Waals surface area contributed by atoms with E-state index in [2.05, 4.69) is 28.8 Å². The van der Waals surface area contributed by atoms with E-state index in [0.717, 1.165) is 44.7 Å². The molecule has 0 saturated carbocycles. The summed E-state index contributed by atoms with van der Waals surface area (Å²) in [5.41, 5.74) is 2.00. The zero-order valence-electron chi connectivity index (χ0n) is 12.1. The molecular weight excluding hydrogens is 311 g/mol. The molecule has 0 amide bonds. The van der Waals surface area contributed by atoms with Gasteiger partial charge in [-0.25, -0.2) is 0 Å². The van der Waals surface area contributed by atoms with E-state index in [-0.39, 0.29) is 24.8 Å². The molecule has 3 rings (SSSR count). The number of nitrogens with one attached hydrogen (secondary N) is 2. The van der Waals surface area contributed by atoms with Crippen LogP contribution in [0.25, 0.3) is 0 Å². The van der Waals surface area contributed by atoms with Crippen LogP contribution in [0.5, 0.6) is 5.75 Å². The molecule has 1 aromatic carbocycles. The highest BCUT2D eigenvalue weighted by atomic mass is 35.5. The summed E-state index contributed by atoms with van der Waals surface area (Å²) >= 11 is 0. The SMILES string of the molecule is Cl.Cl.OC1(CNCc2ccc3c(c2)CCCO3)CCNC1. The third-order valence-electron chi connectivity index (χ3n) is 3.98. The van der Waals surface area contributed by atoms with Gasteiger partial charge in [-0.2, -0.15) is 0 Å². The van der Waals surface area contributed by atoms with Gasteiger partial charge in [0.15, 0.2) is 0 Å².